The van der Waals surface area contributed by atoms with Crippen molar-refractivity contribution in [3.8, 4) is 0 Å². The molecule has 0 saturated carbocycles. The molecule has 4 nitrogen and oxygen atoms in total. The zero-order valence-electron chi connectivity index (χ0n) is 11.5. The summed E-state index contributed by atoms with van der Waals surface area (Å²) in [6, 6.07) is 1.55. The molecule has 2 saturated heterocycles. The van der Waals surface area contributed by atoms with E-state index in [1.165, 1.54) is 50.0 Å². The first-order valence-corrected chi connectivity index (χ1v) is 7.19. The molecule has 1 aromatic rings. The van der Waals surface area contributed by atoms with Crippen LogP contribution in [0.25, 0.3) is 0 Å². The van der Waals surface area contributed by atoms with Gasteiger partial charge >= 0.3 is 0 Å². The Morgan fingerprint density at radius 1 is 1.39 bits per heavy atom. The van der Waals surface area contributed by atoms with Crippen LogP contribution >= 0.6 is 0 Å². The molecule has 0 aliphatic carbocycles. The highest BCUT2D eigenvalue weighted by atomic mass is 15.3. The van der Waals surface area contributed by atoms with Gasteiger partial charge in [-0.05, 0) is 45.7 Å². The van der Waals surface area contributed by atoms with Crippen LogP contribution in [0.4, 0.5) is 0 Å². The number of rotatable bonds is 3. The summed E-state index contributed by atoms with van der Waals surface area (Å²) in [7, 11) is 2.01. The summed E-state index contributed by atoms with van der Waals surface area (Å²) >= 11 is 0. The van der Waals surface area contributed by atoms with Crippen LogP contribution in [-0.2, 0) is 13.6 Å². The van der Waals surface area contributed by atoms with Gasteiger partial charge < -0.3 is 10.2 Å². The summed E-state index contributed by atoms with van der Waals surface area (Å²) in [6.07, 6.45) is 7.44. The van der Waals surface area contributed by atoms with Gasteiger partial charge in [-0.3, -0.25) is 4.68 Å². The van der Waals surface area contributed by atoms with Crippen LogP contribution in [0.5, 0.6) is 0 Å². The van der Waals surface area contributed by atoms with E-state index in [-0.39, 0.29) is 0 Å². The van der Waals surface area contributed by atoms with Crippen molar-refractivity contribution in [3.05, 3.63) is 17.5 Å². The third-order valence-electron chi connectivity index (χ3n) is 4.74. The van der Waals surface area contributed by atoms with Gasteiger partial charge in [-0.25, -0.2) is 0 Å². The number of hydrogen-bond donors (Lipinski definition) is 1. The maximum Gasteiger partial charge on any atom is 0.0537 e. The molecule has 18 heavy (non-hydrogen) atoms. The van der Waals surface area contributed by atoms with Crippen LogP contribution in [0, 0.1) is 6.92 Å². The minimum atomic E-state index is 0.698. The molecular formula is C14H24N4. The van der Waals surface area contributed by atoms with Crippen molar-refractivity contribution < 1.29 is 0 Å². The van der Waals surface area contributed by atoms with E-state index >= 15 is 0 Å². The minimum absolute atomic E-state index is 0.698. The largest absolute Gasteiger partial charge is 0.310 e. The molecule has 2 fully saturated rings. The molecule has 1 N–H and O–H groups in total. The normalized spacial score (nSPS) is 28.6. The molecule has 0 aromatic carbocycles. The van der Waals surface area contributed by atoms with E-state index in [1.54, 1.807) is 0 Å². The average Bonchev–Trinajstić information content (AvgIpc) is 2.96. The second-order valence-electron chi connectivity index (χ2n) is 5.81. The SMILES string of the molecule is Cc1c(CNC2CCN3CCCC3C2)cnn1C. The molecule has 0 amide bonds. The molecule has 3 rings (SSSR count). The van der Waals surface area contributed by atoms with Gasteiger partial charge in [0.15, 0.2) is 0 Å². The van der Waals surface area contributed by atoms with E-state index in [0.29, 0.717) is 6.04 Å². The van der Waals surface area contributed by atoms with Gasteiger partial charge in [0.2, 0.25) is 0 Å². The Morgan fingerprint density at radius 2 is 2.28 bits per heavy atom. The maximum absolute atomic E-state index is 4.30. The molecule has 0 spiro atoms. The fourth-order valence-corrected chi connectivity index (χ4v) is 3.38. The second kappa shape index (κ2) is 5.02. The Labute approximate surface area is 109 Å². The Kier molecular flexibility index (Phi) is 3.39. The van der Waals surface area contributed by atoms with Crippen LogP contribution in [0.15, 0.2) is 6.20 Å². The molecule has 2 unspecified atom stereocenters. The van der Waals surface area contributed by atoms with Crippen LogP contribution in [0.3, 0.4) is 0 Å². The van der Waals surface area contributed by atoms with E-state index in [2.05, 4.69) is 22.2 Å². The number of nitrogens with zero attached hydrogens (tertiary/aromatic N) is 3. The first kappa shape index (κ1) is 12.2. The van der Waals surface area contributed by atoms with E-state index in [4.69, 9.17) is 0 Å². The molecule has 4 heteroatoms. The lowest BCUT2D eigenvalue weighted by molar-refractivity contribution is 0.166. The Bertz CT molecular complexity index is 412. The van der Waals surface area contributed by atoms with Gasteiger partial charge in [-0.1, -0.05) is 0 Å². The molecule has 1 aromatic heterocycles. The van der Waals surface area contributed by atoms with Gasteiger partial charge in [0.1, 0.15) is 0 Å². The molecule has 0 bridgehead atoms. The predicted molar refractivity (Wildman–Crippen MR) is 72.4 cm³/mol. The zero-order chi connectivity index (χ0) is 12.5. The molecule has 0 radical (unpaired) electrons. The maximum atomic E-state index is 4.30. The Hall–Kier alpha value is -0.870. The second-order valence-corrected chi connectivity index (χ2v) is 5.81. The summed E-state index contributed by atoms with van der Waals surface area (Å²) in [6.45, 7) is 5.73. The van der Waals surface area contributed by atoms with Crippen LogP contribution in [-0.4, -0.2) is 39.9 Å². The quantitative estimate of drug-likeness (QED) is 0.879. The molecule has 2 aliphatic rings. The van der Waals surface area contributed by atoms with Gasteiger partial charge in [0, 0.05) is 36.9 Å². The number of nitrogens with one attached hydrogen (secondary N) is 1. The smallest absolute Gasteiger partial charge is 0.0537 e. The van der Waals surface area contributed by atoms with Gasteiger partial charge in [0.05, 0.1) is 6.20 Å². The molecule has 2 atom stereocenters. The number of aromatic nitrogens is 2. The number of fused-ring (bicyclic) bond motifs is 1. The zero-order valence-corrected chi connectivity index (χ0v) is 11.5. The first-order chi connectivity index (χ1) is 8.74. The Balaban J connectivity index is 1.53. The Morgan fingerprint density at radius 3 is 3.06 bits per heavy atom. The minimum Gasteiger partial charge on any atom is -0.310 e. The van der Waals surface area contributed by atoms with Crippen molar-refractivity contribution in [1.29, 1.82) is 0 Å². The lowest BCUT2D eigenvalue weighted by Gasteiger charge is -2.35. The summed E-state index contributed by atoms with van der Waals surface area (Å²) in [5, 5.41) is 8.03. The van der Waals surface area contributed by atoms with Gasteiger partial charge in [0.25, 0.3) is 0 Å². The van der Waals surface area contributed by atoms with Crippen LogP contribution in [0.1, 0.15) is 36.9 Å². The summed E-state index contributed by atoms with van der Waals surface area (Å²) < 4.78 is 1.95. The number of hydrogen-bond acceptors (Lipinski definition) is 3. The lowest BCUT2D eigenvalue weighted by Crippen LogP contribution is -2.45. The topological polar surface area (TPSA) is 33.1 Å². The highest BCUT2D eigenvalue weighted by Gasteiger charge is 2.31. The first-order valence-electron chi connectivity index (χ1n) is 7.19. The molecular weight excluding hydrogens is 224 g/mol. The number of piperidine rings is 1. The van der Waals surface area contributed by atoms with Gasteiger partial charge in [-0.2, -0.15) is 5.10 Å². The van der Waals surface area contributed by atoms with Gasteiger partial charge in [-0.15, -0.1) is 0 Å². The van der Waals surface area contributed by atoms with E-state index in [1.807, 2.05) is 17.9 Å². The van der Waals surface area contributed by atoms with Crippen LogP contribution < -0.4 is 5.32 Å². The highest BCUT2D eigenvalue weighted by Crippen LogP contribution is 2.26. The fraction of sp³-hybridized carbons (Fsp3) is 0.786. The molecule has 3 heterocycles. The van der Waals surface area contributed by atoms with Crippen molar-refractivity contribution >= 4 is 0 Å². The average molecular weight is 248 g/mol. The fourth-order valence-electron chi connectivity index (χ4n) is 3.38. The van der Waals surface area contributed by atoms with Crippen molar-refractivity contribution in [2.75, 3.05) is 13.1 Å². The van der Waals surface area contributed by atoms with E-state index in [9.17, 15) is 0 Å². The third kappa shape index (κ3) is 2.31. The summed E-state index contributed by atoms with van der Waals surface area (Å²) in [5.41, 5.74) is 2.62. The van der Waals surface area contributed by atoms with Crippen molar-refractivity contribution in [2.45, 2.75) is 51.2 Å². The highest BCUT2D eigenvalue weighted by molar-refractivity contribution is 5.15. The molecule has 100 valence electrons. The summed E-state index contributed by atoms with van der Waals surface area (Å²) in [4.78, 5) is 2.67. The third-order valence-corrected chi connectivity index (χ3v) is 4.74. The summed E-state index contributed by atoms with van der Waals surface area (Å²) in [5.74, 6) is 0. The van der Waals surface area contributed by atoms with Crippen LogP contribution in [0.2, 0.25) is 0 Å². The van der Waals surface area contributed by atoms with Crippen molar-refractivity contribution in [2.24, 2.45) is 7.05 Å². The predicted octanol–water partition coefficient (Wildman–Crippen LogP) is 1.44. The van der Waals surface area contributed by atoms with E-state index in [0.717, 1.165) is 12.6 Å². The molecule has 2 aliphatic heterocycles. The van der Waals surface area contributed by atoms with E-state index < -0.39 is 0 Å². The monoisotopic (exact) mass is 248 g/mol. The standard InChI is InChI=1S/C14H24N4/c1-11-12(10-16-17(11)2)9-15-13-5-7-18-6-3-4-14(18)8-13/h10,13-15H,3-9H2,1-2H3. The van der Waals surface area contributed by atoms with Crippen molar-refractivity contribution in [3.63, 3.8) is 0 Å². The van der Waals surface area contributed by atoms with Crippen molar-refractivity contribution in [1.82, 2.24) is 20.0 Å². The number of aryl methyl sites for hydroxylation is 1. The lowest BCUT2D eigenvalue weighted by atomic mass is 9.97.